The van der Waals surface area contributed by atoms with E-state index in [1.165, 1.54) is 24.3 Å². The molecule has 2 rings (SSSR count). The molecule has 4 N–H and O–H groups in total. The van der Waals surface area contributed by atoms with Crippen molar-refractivity contribution in [3.05, 3.63) is 58.9 Å². The molecule has 2 aromatic carbocycles. The summed E-state index contributed by atoms with van der Waals surface area (Å²) in [5.41, 5.74) is 7.62. The third-order valence-electron chi connectivity index (χ3n) is 3.52. The quantitative estimate of drug-likeness (QED) is 0.585. The first kappa shape index (κ1) is 15.3. The number of phenolic OH excluding ortho intramolecular Hbond substituents is 1. The molecule has 4 heteroatoms. The van der Waals surface area contributed by atoms with Gasteiger partial charge in [0.1, 0.15) is 17.7 Å². The van der Waals surface area contributed by atoms with Crippen molar-refractivity contribution >= 4 is 5.69 Å². The molecule has 0 fully saturated rings. The summed E-state index contributed by atoms with van der Waals surface area (Å²) in [7, 11) is 0. The van der Waals surface area contributed by atoms with Crippen molar-refractivity contribution in [2.24, 2.45) is 0 Å². The lowest BCUT2D eigenvalue weighted by Crippen LogP contribution is -2.13. The van der Waals surface area contributed by atoms with Gasteiger partial charge in [0.15, 0.2) is 0 Å². The normalized spacial score (nSPS) is 13.2. The Bertz CT molecular complexity index is 645. The van der Waals surface area contributed by atoms with Crippen LogP contribution in [0, 0.1) is 5.82 Å². The zero-order chi connectivity index (χ0) is 15.8. The fourth-order valence-corrected chi connectivity index (χ4v) is 2.15. The Hall–Kier alpha value is -2.07. The van der Waals surface area contributed by atoms with Crippen molar-refractivity contribution in [3.8, 4) is 5.75 Å². The van der Waals surface area contributed by atoms with Gasteiger partial charge >= 0.3 is 0 Å². The van der Waals surface area contributed by atoms with E-state index >= 15 is 0 Å². The van der Waals surface area contributed by atoms with Crippen molar-refractivity contribution in [3.63, 3.8) is 0 Å². The van der Waals surface area contributed by atoms with E-state index < -0.39 is 6.10 Å². The van der Waals surface area contributed by atoms with Gasteiger partial charge in [-0.25, -0.2) is 4.39 Å². The summed E-state index contributed by atoms with van der Waals surface area (Å²) in [6.45, 7) is 6.06. The summed E-state index contributed by atoms with van der Waals surface area (Å²) >= 11 is 0. The zero-order valence-electron chi connectivity index (χ0n) is 12.4. The highest BCUT2D eigenvalue weighted by molar-refractivity contribution is 5.60. The number of nitrogens with two attached hydrogens (primary N) is 1. The number of benzene rings is 2. The minimum Gasteiger partial charge on any atom is -0.505 e. The number of aliphatic hydroxyl groups is 1. The number of aromatic hydroxyl groups is 1. The Morgan fingerprint density at radius 2 is 1.67 bits per heavy atom. The van der Waals surface area contributed by atoms with Gasteiger partial charge in [-0.1, -0.05) is 32.9 Å². The van der Waals surface area contributed by atoms with Crippen LogP contribution in [0.5, 0.6) is 5.75 Å². The topological polar surface area (TPSA) is 66.5 Å². The number of halogens is 1. The van der Waals surface area contributed by atoms with E-state index in [4.69, 9.17) is 5.73 Å². The summed E-state index contributed by atoms with van der Waals surface area (Å²) in [6.07, 6.45) is -1.06. The highest BCUT2D eigenvalue weighted by Crippen LogP contribution is 2.37. The van der Waals surface area contributed by atoms with Crippen molar-refractivity contribution in [1.82, 2.24) is 0 Å². The highest BCUT2D eigenvalue weighted by atomic mass is 19.1. The molecule has 21 heavy (non-hydrogen) atoms. The number of hydrogen-bond donors (Lipinski definition) is 3. The standard InChI is InChI=1S/C17H20FNO2/c1-17(2,3)11-8-13(16(21)14(19)9-11)15(20)10-4-6-12(18)7-5-10/h4-9,15,20-21H,19H2,1-3H3. The maximum absolute atomic E-state index is 13.0. The first-order chi connectivity index (χ1) is 9.70. The van der Waals surface area contributed by atoms with E-state index in [9.17, 15) is 14.6 Å². The van der Waals surface area contributed by atoms with Gasteiger partial charge in [0.2, 0.25) is 0 Å². The predicted molar refractivity (Wildman–Crippen MR) is 81.7 cm³/mol. The fourth-order valence-electron chi connectivity index (χ4n) is 2.15. The van der Waals surface area contributed by atoms with Gasteiger partial charge in [-0.3, -0.25) is 0 Å². The van der Waals surface area contributed by atoms with Crippen molar-refractivity contribution in [2.45, 2.75) is 32.3 Å². The molecule has 0 aliphatic rings. The molecule has 0 amide bonds. The molecule has 0 aliphatic heterocycles. The smallest absolute Gasteiger partial charge is 0.144 e. The van der Waals surface area contributed by atoms with Crippen LogP contribution in [0.3, 0.4) is 0 Å². The van der Waals surface area contributed by atoms with Gasteiger partial charge < -0.3 is 15.9 Å². The van der Waals surface area contributed by atoms with E-state index in [1.54, 1.807) is 12.1 Å². The second kappa shape index (κ2) is 5.37. The van der Waals surface area contributed by atoms with Gasteiger partial charge in [0, 0.05) is 5.56 Å². The molecule has 0 saturated heterocycles. The Morgan fingerprint density at radius 3 is 2.19 bits per heavy atom. The Morgan fingerprint density at radius 1 is 1.10 bits per heavy atom. The van der Waals surface area contributed by atoms with E-state index in [0.717, 1.165) is 5.56 Å². The van der Waals surface area contributed by atoms with E-state index in [2.05, 4.69) is 0 Å². The van der Waals surface area contributed by atoms with E-state index in [1.807, 2.05) is 20.8 Å². The zero-order valence-corrected chi connectivity index (χ0v) is 12.4. The van der Waals surface area contributed by atoms with Crippen LogP contribution in [0.2, 0.25) is 0 Å². The summed E-state index contributed by atoms with van der Waals surface area (Å²) in [5.74, 6) is -0.516. The summed E-state index contributed by atoms with van der Waals surface area (Å²) in [6, 6.07) is 8.95. The minimum absolute atomic E-state index is 0.139. The van der Waals surface area contributed by atoms with Crippen LogP contribution < -0.4 is 5.73 Å². The van der Waals surface area contributed by atoms with E-state index in [0.29, 0.717) is 11.1 Å². The molecule has 112 valence electrons. The van der Waals surface area contributed by atoms with Crippen LogP contribution in [0.15, 0.2) is 36.4 Å². The average molecular weight is 289 g/mol. The third kappa shape index (κ3) is 3.16. The number of rotatable bonds is 2. The van der Waals surface area contributed by atoms with Gasteiger partial charge in [-0.05, 0) is 40.8 Å². The molecule has 0 saturated carbocycles. The largest absolute Gasteiger partial charge is 0.505 e. The molecule has 3 nitrogen and oxygen atoms in total. The Kier molecular flexibility index (Phi) is 3.92. The highest BCUT2D eigenvalue weighted by Gasteiger charge is 2.22. The number of phenols is 1. The number of anilines is 1. The summed E-state index contributed by atoms with van der Waals surface area (Å²) < 4.78 is 13.0. The SMILES string of the molecule is CC(C)(C)c1cc(N)c(O)c(C(O)c2ccc(F)cc2)c1. The van der Waals surface area contributed by atoms with Crippen molar-refractivity contribution < 1.29 is 14.6 Å². The monoisotopic (exact) mass is 289 g/mol. The van der Waals surface area contributed by atoms with Crippen LogP contribution in [-0.2, 0) is 5.41 Å². The molecule has 0 spiro atoms. The van der Waals surface area contributed by atoms with Gasteiger partial charge in [-0.2, -0.15) is 0 Å². The fraction of sp³-hybridized carbons (Fsp3) is 0.294. The van der Waals surface area contributed by atoms with Crippen LogP contribution in [0.25, 0.3) is 0 Å². The van der Waals surface area contributed by atoms with Gasteiger partial charge in [-0.15, -0.1) is 0 Å². The lowest BCUT2D eigenvalue weighted by Gasteiger charge is -2.23. The Balaban J connectivity index is 2.52. The lowest BCUT2D eigenvalue weighted by atomic mass is 9.84. The molecular formula is C17H20FNO2. The van der Waals surface area contributed by atoms with Crippen molar-refractivity contribution in [1.29, 1.82) is 0 Å². The van der Waals surface area contributed by atoms with Crippen LogP contribution in [-0.4, -0.2) is 10.2 Å². The van der Waals surface area contributed by atoms with E-state index in [-0.39, 0.29) is 22.7 Å². The van der Waals surface area contributed by atoms with Gasteiger partial charge in [0.25, 0.3) is 0 Å². The first-order valence-electron chi connectivity index (χ1n) is 6.76. The van der Waals surface area contributed by atoms with Crippen LogP contribution in [0.1, 0.15) is 43.6 Å². The average Bonchev–Trinajstić information content (AvgIpc) is 2.40. The van der Waals surface area contributed by atoms with Crippen molar-refractivity contribution in [2.75, 3.05) is 5.73 Å². The van der Waals surface area contributed by atoms with Crippen LogP contribution in [0.4, 0.5) is 10.1 Å². The molecule has 1 unspecified atom stereocenters. The molecule has 1 atom stereocenters. The molecule has 0 heterocycles. The molecule has 2 aromatic rings. The van der Waals surface area contributed by atoms with Gasteiger partial charge in [0.05, 0.1) is 5.69 Å². The first-order valence-corrected chi connectivity index (χ1v) is 6.76. The third-order valence-corrected chi connectivity index (χ3v) is 3.52. The minimum atomic E-state index is -1.06. The van der Waals surface area contributed by atoms with Crippen LogP contribution >= 0.6 is 0 Å². The molecule has 0 aromatic heterocycles. The second-order valence-electron chi connectivity index (χ2n) is 6.21. The predicted octanol–water partition coefficient (Wildman–Crippen LogP) is 3.49. The number of nitrogen functional groups attached to an aromatic ring is 1. The molecule has 0 aliphatic carbocycles. The number of hydrogen-bond acceptors (Lipinski definition) is 3. The molecular weight excluding hydrogens is 269 g/mol. The molecule has 0 bridgehead atoms. The maximum atomic E-state index is 13.0. The number of aliphatic hydroxyl groups excluding tert-OH is 1. The maximum Gasteiger partial charge on any atom is 0.144 e. The summed E-state index contributed by atoms with van der Waals surface area (Å²) in [4.78, 5) is 0. The lowest BCUT2D eigenvalue weighted by molar-refractivity contribution is 0.215. The molecule has 0 radical (unpaired) electrons. The Labute approximate surface area is 123 Å². The summed E-state index contributed by atoms with van der Waals surface area (Å²) in [5, 5.41) is 20.6. The second-order valence-corrected chi connectivity index (χ2v) is 6.21.